The predicted octanol–water partition coefficient (Wildman–Crippen LogP) is 0.662. The standard InChI is InChI=1S/C15H30O6S.Na/c1-3-4-5-6-7-8-9-10-11-12-13-20-15(16)14(2)21-22(17,18)19;/h14H,3-13H2,1-2H3,(H,17,18,19);/q;+1. The molecule has 1 atom stereocenters. The topological polar surface area (TPSA) is 89.9 Å². The maximum Gasteiger partial charge on any atom is 1.00 e. The molecule has 0 saturated heterocycles. The molecule has 0 radical (unpaired) electrons. The second-order valence-corrected chi connectivity index (χ2v) is 6.56. The van der Waals surface area contributed by atoms with Crippen LogP contribution in [0.1, 0.15) is 78.1 Å². The third-order valence-electron chi connectivity index (χ3n) is 3.34. The second-order valence-electron chi connectivity index (χ2n) is 5.52. The molecule has 1 unspecified atom stereocenters. The Kier molecular flexibility index (Phi) is 17.6. The molecule has 6 nitrogen and oxygen atoms in total. The molecule has 8 heteroatoms. The Hall–Kier alpha value is 0.340. The fourth-order valence-electron chi connectivity index (χ4n) is 2.10. The quantitative estimate of drug-likeness (QED) is 0.212. The Bertz CT molecular complexity index is 385. The first-order valence-corrected chi connectivity index (χ1v) is 9.55. The zero-order valence-corrected chi connectivity index (χ0v) is 17.6. The van der Waals surface area contributed by atoms with Crippen LogP contribution >= 0.6 is 0 Å². The van der Waals surface area contributed by atoms with Gasteiger partial charge in [-0.25, -0.2) is 8.98 Å². The molecular formula is C15H30NaO6S+. The van der Waals surface area contributed by atoms with Crippen LogP contribution in [0.25, 0.3) is 0 Å². The Labute approximate surface area is 162 Å². The molecule has 0 aromatic rings. The van der Waals surface area contributed by atoms with Gasteiger partial charge in [0.1, 0.15) is 0 Å². The van der Waals surface area contributed by atoms with Gasteiger partial charge in [-0.05, 0) is 13.3 Å². The number of carbonyl (C=O) groups is 1. The summed E-state index contributed by atoms with van der Waals surface area (Å²) in [6.45, 7) is 3.67. The van der Waals surface area contributed by atoms with Gasteiger partial charge < -0.3 is 4.74 Å². The molecule has 0 amide bonds. The van der Waals surface area contributed by atoms with Gasteiger partial charge in [-0.2, -0.15) is 8.42 Å². The van der Waals surface area contributed by atoms with Crippen molar-refractivity contribution in [3.05, 3.63) is 0 Å². The molecule has 0 heterocycles. The molecule has 0 saturated carbocycles. The van der Waals surface area contributed by atoms with E-state index < -0.39 is 22.5 Å². The molecule has 0 aliphatic carbocycles. The van der Waals surface area contributed by atoms with Crippen LogP contribution in [0.3, 0.4) is 0 Å². The smallest absolute Gasteiger partial charge is 0.464 e. The van der Waals surface area contributed by atoms with Gasteiger partial charge >= 0.3 is 45.9 Å². The maximum atomic E-state index is 11.4. The minimum Gasteiger partial charge on any atom is -0.464 e. The number of carbonyl (C=O) groups excluding carboxylic acids is 1. The van der Waals surface area contributed by atoms with E-state index in [4.69, 9.17) is 9.29 Å². The number of hydrogen-bond acceptors (Lipinski definition) is 5. The van der Waals surface area contributed by atoms with E-state index >= 15 is 0 Å². The Morgan fingerprint density at radius 1 is 0.957 bits per heavy atom. The van der Waals surface area contributed by atoms with E-state index in [1.807, 2.05) is 0 Å². The van der Waals surface area contributed by atoms with E-state index in [0.29, 0.717) is 0 Å². The largest absolute Gasteiger partial charge is 1.00 e. The number of hydrogen-bond donors (Lipinski definition) is 1. The molecule has 0 aliphatic rings. The van der Waals surface area contributed by atoms with Crippen LogP contribution in [0.4, 0.5) is 0 Å². The number of esters is 1. The van der Waals surface area contributed by atoms with Gasteiger partial charge in [0.25, 0.3) is 0 Å². The molecule has 0 aromatic heterocycles. The van der Waals surface area contributed by atoms with E-state index in [1.54, 1.807) is 0 Å². The normalized spacial score (nSPS) is 12.5. The Balaban J connectivity index is 0. The van der Waals surface area contributed by atoms with Crippen molar-refractivity contribution >= 4 is 16.4 Å². The molecule has 23 heavy (non-hydrogen) atoms. The number of ether oxygens (including phenoxy) is 1. The van der Waals surface area contributed by atoms with Crippen LogP contribution < -0.4 is 29.6 Å². The maximum absolute atomic E-state index is 11.4. The molecule has 0 fully saturated rings. The van der Waals surface area contributed by atoms with Crippen LogP contribution in [-0.2, 0) is 24.1 Å². The van der Waals surface area contributed by atoms with Gasteiger partial charge in [-0.1, -0.05) is 64.7 Å². The molecule has 0 bridgehead atoms. The molecule has 0 spiro atoms. The first-order chi connectivity index (χ1) is 10.4. The average molecular weight is 361 g/mol. The van der Waals surface area contributed by atoms with Gasteiger partial charge in [-0.15, -0.1) is 0 Å². The fourth-order valence-corrected chi connectivity index (χ4v) is 2.54. The third kappa shape index (κ3) is 18.5. The summed E-state index contributed by atoms with van der Waals surface area (Å²) in [6, 6.07) is 0. The summed E-state index contributed by atoms with van der Waals surface area (Å²) in [5.74, 6) is -0.784. The van der Waals surface area contributed by atoms with Gasteiger partial charge in [0.05, 0.1) is 6.61 Å². The monoisotopic (exact) mass is 361 g/mol. The summed E-state index contributed by atoms with van der Waals surface area (Å²) >= 11 is 0. The van der Waals surface area contributed by atoms with Crippen molar-refractivity contribution in [3.8, 4) is 0 Å². The molecule has 132 valence electrons. The summed E-state index contributed by atoms with van der Waals surface area (Å²) in [7, 11) is -4.62. The summed E-state index contributed by atoms with van der Waals surface area (Å²) in [6.07, 6.45) is 10.5. The molecule has 0 rings (SSSR count). The summed E-state index contributed by atoms with van der Waals surface area (Å²) < 4.78 is 38.3. The van der Waals surface area contributed by atoms with Crippen LogP contribution in [0.5, 0.6) is 0 Å². The minimum atomic E-state index is -4.62. The van der Waals surface area contributed by atoms with Gasteiger partial charge in [0.15, 0.2) is 6.10 Å². The molecular weight excluding hydrogens is 331 g/mol. The van der Waals surface area contributed by atoms with Gasteiger partial charge in [0.2, 0.25) is 0 Å². The van der Waals surface area contributed by atoms with E-state index in [-0.39, 0.29) is 36.2 Å². The number of unbranched alkanes of at least 4 members (excludes halogenated alkanes) is 9. The van der Waals surface area contributed by atoms with Crippen molar-refractivity contribution in [1.29, 1.82) is 0 Å². The minimum absolute atomic E-state index is 0. The van der Waals surface area contributed by atoms with Crippen molar-refractivity contribution in [1.82, 2.24) is 0 Å². The summed E-state index contributed by atoms with van der Waals surface area (Å²) in [5.41, 5.74) is 0. The van der Waals surface area contributed by atoms with Crippen molar-refractivity contribution in [2.45, 2.75) is 84.2 Å². The summed E-state index contributed by atoms with van der Waals surface area (Å²) in [4.78, 5) is 11.4. The van der Waals surface area contributed by atoms with E-state index in [0.717, 1.165) is 19.3 Å². The van der Waals surface area contributed by atoms with Crippen molar-refractivity contribution < 1.29 is 56.2 Å². The van der Waals surface area contributed by atoms with E-state index in [1.165, 1.54) is 51.9 Å². The predicted molar refractivity (Wildman–Crippen MR) is 84.9 cm³/mol. The van der Waals surface area contributed by atoms with Crippen molar-refractivity contribution in [2.24, 2.45) is 0 Å². The SMILES string of the molecule is CCCCCCCCCCCCOC(=O)C(C)OS(=O)(=O)O.[Na+]. The van der Waals surface area contributed by atoms with E-state index in [9.17, 15) is 13.2 Å². The van der Waals surface area contributed by atoms with Crippen LogP contribution in [-0.4, -0.2) is 31.7 Å². The van der Waals surface area contributed by atoms with Crippen molar-refractivity contribution in [3.63, 3.8) is 0 Å². The zero-order valence-electron chi connectivity index (χ0n) is 14.8. The average Bonchev–Trinajstić information content (AvgIpc) is 2.42. The van der Waals surface area contributed by atoms with Crippen LogP contribution in [0.2, 0.25) is 0 Å². The van der Waals surface area contributed by atoms with Crippen molar-refractivity contribution in [2.75, 3.05) is 6.61 Å². The second kappa shape index (κ2) is 15.8. The van der Waals surface area contributed by atoms with Gasteiger partial charge in [0, 0.05) is 0 Å². The number of rotatable bonds is 14. The van der Waals surface area contributed by atoms with E-state index in [2.05, 4.69) is 11.1 Å². The molecule has 0 aromatic carbocycles. The molecule has 1 N–H and O–H groups in total. The van der Waals surface area contributed by atoms with Gasteiger partial charge in [-0.3, -0.25) is 4.55 Å². The first kappa shape index (κ1) is 25.6. The Morgan fingerprint density at radius 3 is 1.83 bits per heavy atom. The zero-order chi connectivity index (χ0) is 16.8. The van der Waals surface area contributed by atoms with Crippen LogP contribution in [0, 0.1) is 0 Å². The first-order valence-electron chi connectivity index (χ1n) is 8.19. The fraction of sp³-hybridized carbons (Fsp3) is 0.933. The third-order valence-corrected chi connectivity index (χ3v) is 3.87. The molecule has 0 aliphatic heterocycles. The van der Waals surface area contributed by atoms with Crippen LogP contribution in [0.15, 0.2) is 0 Å². The Morgan fingerprint density at radius 2 is 1.39 bits per heavy atom. The summed E-state index contributed by atoms with van der Waals surface area (Å²) in [5, 5.41) is 0.